The Hall–Kier alpha value is -1.54. The van der Waals surface area contributed by atoms with Crippen LogP contribution in [-0.4, -0.2) is 47.7 Å². The van der Waals surface area contributed by atoms with Crippen LogP contribution in [0.1, 0.15) is 6.42 Å². The summed E-state index contributed by atoms with van der Waals surface area (Å²) in [5.74, 6) is 6.57. The van der Waals surface area contributed by atoms with Gasteiger partial charge in [-0.3, -0.25) is 4.79 Å². The molecule has 0 aromatic carbocycles. The van der Waals surface area contributed by atoms with Crippen molar-refractivity contribution in [3.8, 4) is 0 Å². The normalized spacial score (nSPS) is 10.0. The highest BCUT2D eigenvalue weighted by molar-refractivity contribution is 7.98. The lowest BCUT2D eigenvalue weighted by atomic mass is 10.4. The van der Waals surface area contributed by atoms with Crippen molar-refractivity contribution in [2.24, 2.45) is 5.84 Å². The van der Waals surface area contributed by atoms with Crippen molar-refractivity contribution in [2.75, 3.05) is 37.6 Å². The van der Waals surface area contributed by atoms with Gasteiger partial charge in [0.2, 0.25) is 5.91 Å². The molecule has 0 spiro atoms. The molecule has 0 atom stereocenters. The summed E-state index contributed by atoms with van der Waals surface area (Å²) in [5.41, 5.74) is 2.48. The van der Waals surface area contributed by atoms with E-state index in [1.54, 1.807) is 25.1 Å². The standard InChI is InChI=1S/C10H18N6OS/c1-16(2)9(17)4-5-12-7-6-8(15-11)14-10(13-7)18-3/h6H,4-5,11H2,1-3H3,(H2,12,13,14,15). The number of hydrazine groups is 1. The largest absolute Gasteiger partial charge is 0.369 e. The minimum Gasteiger partial charge on any atom is -0.369 e. The molecule has 1 aromatic rings. The lowest BCUT2D eigenvalue weighted by Crippen LogP contribution is -2.24. The first-order chi connectivity index (χ1) is 8.56. The summed E-state index contributed by atoms with van der Waals surface area (Å²) in [6.45, 7) is 0.520. The monoisotopic (exact) mass is 270 g/mol. The smallest absolute Gasteiger partial charge is 0.223 e. The maximum atomic E-state index is 11.4. The number of carbonyl (C=O) groups is 1. The number of nitrogens with zero attached hydrogens (tertiary/aromatic N) is 3. The highest BCUT2D eigenvalue weighted by atomic mass is 32.2. The van der Waals surface area contributed by atoms with Crippen LogP contribution in [0.25, 0.3) is 0 Å². The molecule has 0 saturated heterocycles. The number of nitrogen functional groups attached to an aromatic ring is 1. The van der Waals surface area contributed by atoms with Crippen LogP contribution < -0.4 is 16.6 Å². The lowest BCUT2D eigenvalue weighted by Gasteiger charge is -2.11. The van der Waals surface area contributed by atoms with Crippen molar-refractivity contribution >= 4 is 29.3 Å². The molecule has 0 fully saturated rings. The molecule has 1 rings (SSSR count). The van der Waals surface area contributed by atoms with Crippen molar-refractivity contribution in [1.29, 1.82) is 0 Å². The second kappa shape index (κ2) is 7.02. The maximum absolute atomic E-state index is 11.4. The zero-order valence-electron chi connectivity index (χ0n) is 10.7. The number of nitrogens with one attached hydrogen (secondary N) is 2. The van der Waals surface area contributed by atoms with Gasteiger partial charge in [0.1, 0.15) is 11.6 Å². The van der Waals surface area contributed by atoms with Crippen LogP contribution in [0.15, 0.2) is 11.2 Å². The molecule has 0 aliphatic heterocycles. The molecule has 8 heteroatoms. The van der Waals surface area contributed by atoms with Gasteiger partial charge in [0.05, 0.1) is 0 Å². The third kappa shape index (κ3) is 4.38. The van der Waals surface area contributed by atoms with Crippen molar-refractivity contribution in [2.45, 2.75) is 11.6 Å². The van der Waals surface area contributed by atoms with Gasteiger partial charge in [-0.2, -0.15) is 0 Å². The molecule has 100 valence electrons. The predicted octanol–water partition coefficient (Wildman–Crippen LogP) is 0.374. The predicted molar refractivity (Wildman–Crippen MR) is 73.4 cm³/mol. The fourth-order valence-electron chi connectivity index (χ4n) is 1.20. The Bertz CT molecular complexity index is 389. The highest BCUT2D eigenvalue weighted by Crippen LogP contribution is 2.16. The quantitative estimate of drug-likeness (QED) is 0.297. The van der Waals surface area contributed by atoms with E-state index in [9.17, 15) is 4.79 Å². The molecule has 0 bridgehead atoms. The van der Waals surface area contributed by atoms with Gasteiger partial charge >= 0.3 is 0 Å². The Morgan fingerprint density at radius 2 is 2.11 bits per heavy atom. The van der Waals surface area contributed by atoms with E-state index in [0.29, 0.717) is 29.8 Å². The van der Waals surface area contributed by atoms with E-state index < -0.39 is 0 Å². The van der Waals surface area contributed by atoms with Gasteiger partial charge in [-0.1, -0.05) is 11.8 Å². The average Bonchev–Trinajstić information content (AvgIpc) is 2.37. The second-order valence-electron chi connectivity index (χ2n) is 3.73. The third-order valence-electron chi connectivity index (χ3n) is 2.18. The van der Waals surface area contributed by atoms with Crippen LogP contribution in [0, 0.1) is 0 Å². The average molecular weight is 270 g/mol. The Morgan fingerprint density at radius 3 is 2.67 bits per heavy atom. The number of amides is 1. The molecule has 0 unspecified atom stereocenters. The van der Waals surface area contributed by atoms with Crippen molar-refractivity contribution in [3.63, 3.8) is 0 Å². The topological polar surface area (TPSA) is 96.2 Å². The number of carbonyl (C=O) groups excluding carboxylic acids is 1. The third-order valence-corrected chi connectivity index (χ3v) is 2.73. The van der Waals surface area contributed by atoms with Crippen LogP contribution in [0.4, 0.5) is 11.6 Å². The summed E-state index contributed by atoms with van der Waals surface area (Å²) in [6, 6.07) is 1.69. The van der Waals surface area contributed by atoms with Gasteiger partial charge in [-0.05, 0) is 6.26 Å². The maximum Gasteiger partial charge on any atom is 0.223 e. The van der Waals surface area contributed by atoms with E-state index in [1.165, 1.54) is 11.8 Å². The Labute approximate surface area is 111 Å². The summed E-state index contributed by atoms with van der Waals surface area (Å²) in [6.07, 6.45) is 2.30. The number of nitrogens with two attached hydrogens (primary N) is 1. The minimum atomic E-state index is 0.0684. The molecular weight excluding hydrogens is 252 g/mol. The number of thioether (sulfide) groups is 1. The van der Waals surface area contributed by atoms with Gasteiger partial charge in [-0.15, -0.1) is 0 Å². The number of aromatic nitrogens is 2. The minimum absolute atomic E-state index is 0.0684. The van der Waals surface area contributed by atoms with Gasteiger partial charge in [0.25, 0.3) is 0 Å². The van der Waals surface area contributed by atoms with Gasteiger partial charge in [0, 0.05) is 33.1 Å². The van der Waals surface area contributed by atoms with E-state index >= 15 is 0 Å². The Balaban J connectivity index is 2.58. The summed E-state index contributed by atoms with van der Waals surface area (Å²) >= 11 is 1.42. The number of anilines is 2. The van der Waals surface area contributed by atoms with Crippen molar-refractivity contribution in [3.05, 3.63) is 6.07 Å². The summed E-state index contributed by atoms with van der Waals surface area (Å²) in [5, 5.41) is 3.69. The van der Waals surface area contributed by atoms with Crippen molar-refractivity contribution < 1.29 is 4.79 Å². The van der Waals surface area contributed by atoms with Crippen molar-refractivity contribution in [1.82, 2.24) is 14.9 Å². The van der Waals surface area contributed by atoms with Crippen LogP contribution in [0.3, 0.4) is 0 Å². The molecule has 0 radical (unpaired) electrons. The number of hydrogen-bond donors (Lipinski definition) is 3. The summed E-state index contributed by atoms with van der Waals surface area (Å²) in [4.78, 5) is 21.4. The van der Waals surface area contributed by atoms with Gasteiger partial charge in [0.15, 0.2) is 5.16 Å². The number of rotatable bonds is 6. The lowest BCUT2D eigenvalue weighted by molar-refractivity contribution is -0.128. The first-order valence-corrected chi connectivity index (χ1v) is 6.63. The molecule has 4 N–H and O–H groups in total. The molecule has 1 amide bonds. The Kier molecular flexibility index (Phi) is 5.66. The molecule has 0 saturated carbocycles. The van der Waals surface area contributed by atoms with Gasteiger partial charge < -0.3 is 15.6 Å². The molecule has 0 aliphatic carbocycles. The van der Waals surface area contributed by atoms with E-state index in [4.69, 9.17) is 5.84 Å². The number of hydrogen-bond acceptors (Lipinski definition) is 7. The second-order valence-corrected chi connectivity index (χ2v) is 4.51. The van der Waals surface area contributed by atoms with Crippen LogP contribution in [-0.2, 0) is 4.79 Å². The highest BCUT2D eigenvalue weighted by Gasteiger charge is 2.05. The van der Waals surface area contributed by atoms with E-state index in [0.717, 1.165) is 0 Å². The summed E-state index contributed by atoms with van der Waals surface area (Å²) in [7, 11) is 3.46. The zero-order chi connectivity index (χ0) is 13.5. The molecule has 1 aromatic heterocycles. The molecular formula is C10H18N6OS. The first-order valence-electron chi connectivity index (χ1n) is 5.40. The fourth-order valence-corrected chi connectivity index (χ4v) is 1.58. The SMILES string of the molecule is CSc1nc(NN)cc(NCCC(=O)N(C)C)n1. The zero-order valence-corrected chi connectivity index (χ0v) is 11.5. The molecule has 0 aliphatic rings. The van der Waals surface area contributed by atoms with E-state index in [-0.39, 0.29) is 5.91 Å². The Morgan fingerprint density at radius 1 is 1.44 bits per heavy atom. The molecule has 7 nitrogen and oxygen atoms in total. The van der Waals surface area contributed by atoms with Crippen LogP contribution >= 0.6 is 11.8 Å². The van der Waals surface area contributed by atoms with Gasteiger partial charge in [-0.25, -0.2) is 15.8 Å². The first kappa shape index (κ1) is 14.5. The van der Waals surface area contributed by atoms with Crippen LogP contribution in [0.2, 0.25) is 0 Å². The molecule has 1 heterocycles. The van der Waals surface area contributed by atoms with E-state index in [2.05, 4.69) is 20.7 Å². The van der Waals surface area contributed by atoms with E-state index in [1.807, 2.05) is 6.26 Å². The van der Waals surface area contributed by atoms with Crippen LogP contribution in [0.5, 0.6) is 0 Å². The molecule has 18 heavy (non-hydrogen) atoms. The fraction of sp³-hybridized carbons (Fsp3) is 0.500. The summed E-state index contributed by atoms with van der Waals surface area (Å²) < 4.78 is 0.